The van der Waals surface area contributed by atoms with Gasteiger partial charge in [0.05, 0.1) is 20.8 Å². The van der Waals surface area contributed by atoms with E-state index in [0.29, 0.717) is 11.6 Å². The molecule has 0 saturated carbocycles. The number of pyridine rings is 1. The second-order valence-electron chi connectivity index (χ2n) is 4.75. The second kappa shape index (κ2) is 5.96. The van der Waals surface area contributed by atoms with Crippen molar-refractivity contribution in [2.75, 3.05) is 26.1 Å². The molecule has 0 aliphatic rings. The van der Waals surface area contributed by atoms with Gasteiger partial charge in [-0.3, -0.25) is 0 Å². The molecule has 5 heteroatoms. The highest BCUT2D eigenvalue weighted by atomic mass is 16.5. The van der Waals surface area contributed by atoms with E-state index in [-0.39, 0.29) is 12.6 Å². The molecule has 0 amide bonds. The van der Waals surface area contributed by atoms with Gasteiger partial charge in [-0.05, 0) is 37.6 Å². The zero-order chi connectivity index (χ0) is 14.7. The van der Waals surface area contributed by atoms with Gasteiger partial charge >= 0.3 is 0 Å². The molecule has 0 aliphatic carbocycles. The summed E-state index contributed by atoms with van der Waals surface area (Å²) in [5.41, 5.74) is 1.79. The van der Waals surface area contributed by atoms with Gasteiger partial charge in [-0.2, -0.15) is 0 Å². The number of methoxy groups -OCH3 is 2. The first-order valence-electron chi connectivity index (χ1n) is 6.50. The Balaban J connectivity index is 2.62. The number of hydrogen-bond donors (Lipinski definition) is 2. The number of nitrogens with zero attached hydrogens (tertiary/aromatic N) is 1. The normalized spacial score (nSPS) is 12.2. The highest BCUT2D eigenvalue weighted by Crippen LogP contribution is 2.35. The smallest absolute Gasteiger partial charge is 0.145 e. The Bertz CT molecular complexity index is 614. The number of aliphatic hydroxyl groups is 1. The van der Waals surface area contributed by atoms with E-state index in [1.165, 1.54) is 0 Å². The standard InChI is InChI=1S/C15H20N2O3/c1-9-7-13(16-10(2)8-18)17-15-12(20-4)6-5-11(19-3)14(9)15/h5-7,10,18H,8H2,1-4H3,(H,16,17)/t10-/m1/s1. The van der Waals surface area contributed by atoms with E-state index in [1.54, 1.807) is 14.2 Å². The molecule has 1 heterocycles. The summed E-state index contributed by atoms with van der Waals surface area (Å²) >= 11 is 0. The van der Waals surface area contributed by atoms with E-state index in [4.69, 9.17) is 14.6 Å². The van der Waals surface area contributed by atoms with Crippen LogP contribution >= 0.6 is 0 Å². The van der Waals surface area contributed by atoms with Crippen molar-refractivity contribution in [1.82, 2.24) is 4.98 Å². The quantitative estimate of drug-likeness (QED) is 0.877. The summed E-state index contributed by atoms with van der Waals surface area (Å²) < 4.78 is 10.8. The monoisotopic (exact) mass is 276 g/mol. The van der Waals surface area contributed by atoms with E-state index in [9.17, 15) is 0 Å². The first kappa shape index (κ1) is 14.4. The number of aromatic nitrogens is 1. The molecule has 0 spiro atoms. The minimum absolute atomic E-state index is 0.0496. The van der Waals surface area contributed by atoms with E-state index < -0.39 is 0 Å². The average Bonchev–Trinajstić information content (AvgIpc) is 2.45. The fraction of sp³-hybridized carbons (Fsp3) is 0.400. The lowest BCUT2D eigenvalue weighted by Crippen LogP contribution is -2.20. The van der Waals surface area contributed by atoms with Crippen LogP contribution in [0.5, 0.6) is 11.5 Å². The first-order valence-corrected chi connectivity index (χ1v) is 6.50. The van der Waals surface area contributed by atoms with Crippen molar-refractivity contribution in [3.05, 3.63) is 23.8 Å². The van der Waals surface area contributed by atoms with Crippen LogP contribution in [0.1, 0.15) is 12.5 Å². The van der Waals surface area contributed by atoms with Crippen LogP contribution in [-0.2, 0) is 0 Å². The third kappa shape index (κ3) is 2.63. The number of ether oxygens (including phenoxy) is 2. The molecule has 1 aromatic heterocycles. The van der Waals surface area contributed by atoms with Crippen molar-refractivity contribution >= 4 is 16.7 Å². The van der Waals surface area contributed by atoms with Gasteiger partial charge in [0, 0.05) is 11.4 Å². The summed E-state index contributed by atoms with van der Waals surface area (Å²) in [7, 11) is 3.26. The van der Waals surface area contributed by atoms with Crippen molar-refractivity contribution in [1.29, 1.82) is 0 Å². The van der Waals surface area contributed by atoms with Gasteiger partial charge in [0.1, 0.15) is 22.8 Å². The summed E-state index contributed by atoms with van der Waals surface area (Å²) in [6.07, 6.45) is 0. The minimum atomic E-state index is -0.0593. The van der Waals surface area contributed by atoms with Crippen LogP contribution in [0.15, 0.2) is 18.2 Å². The first-order chi connectivity index (χ1) is 9.60. The van der Waals surface area contributed by atoms with Crippen LogP contribution in [-0.4, -0.2) is 37.0 Å². The van der Waals surface area contributed by atoms with Crippen molar-refractivity contribution < 1.29 is 14.6 Å². The number of nitrogens with one attached hydrogen (secondary N) is 1. The summed E-state index contributed by atoms with van der Waals surface area (Å²) in [5, 5.41) is 13.2. The van der Waals surface area contributed by atoms with Crippen molar-refractivity contribution in [3.8, 4) is 11.5 Å². The van der Waals surface area contributed by atoms with Gasteiger partial charge in [0.25, 0.3) is 0 Å². The minimum Gasteiger partial charge on any atom is -0.496 e. The molecule has 0 saturated heterocycles. The number of benzene rings is 1. The molecule has 0 radical (unpaired) electrons. The summed E-state index contributed by atoms with van der Waals surface area (Å²) in [5.74, 6) is 2.18. The van der Waals surface area contributed by atoms with Crippen molar-refractivity contribution in [2.45, 2.75) is 19.9 Å². The van der Waals surface area contributed by atoms with Gasteiger partial charge in [0.15, 0.2) is 0 Å². The van der Waals surface area contributed by atoms with Crippen LogP contribution in [0.4, 0.5) is 5.82 Å². The molecule has 2 N–H and O–H groups in total. The third-order valence-electron chi connectivity index (χ3n) is 3.19. The summed E-state index contributed by atoms with van der Waals surface area (Å²) in [6.45, 7) is 3.94. The molecular weight excluding hydrogens is 256 g/mol. The van der Waals surface area contributed by atoms with Crippen LogP contribution in [0.3, 0.4) is 0 Å². The number of hydrogen-bond acceptors (Lipinski definition) is 5. The molecule has 2 rings (SSSR count). The Morgan fingerprint density at radius 3 is 2.50 bits per heavy atom. The summed E-state index contributed by atoms with van der Waals surface area (Å²) in [6, 6.07) is 5.60. The number of aryl methyl sites for hydroxylation is 1. The number of fused-ring (bicyclic) bond motifs is 1. The Morgan fingerprint density at radius 1 is 1.25 bits per heavy atom. The molecule has 0 bridgehead atoms. The van der Waals surface area contributed by atoms with Gasteiger partial charge < -0.3 is 19.9 Å². The van der Waals surface area contributed by atoms with E-state index in [1.807, 2.05) is 32.0 Å². The lowest BCUT2D eigenvalue weighted by atomic mass is 10.1. The summed E-state index contributed by atoms with van der Waals surface area (Å²) in [4.78, 5) is 4.58. The van der Waals surface area contributed by atoms with Crippen LogP contribution < -0.4 is 14.8 Å². The number of rotatable bonds is 5. The zero-order valence-electron chi connectivity index (χ0n) is 12.2. The lowest BCUT2D eigenvalue weighted by Gasteiger charge is -2.16. The fourth-order valence-corrected chi connectivity index (χ4v) is 2.18. The van der Waals surface area contributed by atoms with Crippen molar-refractivity contribution in [2.24, 2.45) is 0 Å². The van der Waals surface area contributed by atoms with Gasteiger partial charge in [-0.15, -0.1) is 0 Å². The molecule has 5 nitrogen and oxygen atoms in total. The van der Waals surface area contributed by atoms with E-state index in [2.05, 4.69) is 10.3 Å². The van der Waals surface area contributed by atoms with Gasteiger partial charge in [-0.25, -0.2) is 4.98 Å². The van der Waals surface area contributed by atoms with E-state index >= 15 is 0 Å². The zero-order valence-corrected chi connectivity index (χ0v) is 12.2. The Labute approximate surface area is 118 Å². The number of aliphatic hydroxyl groups excluding tert-OH is 1. The molecule has 0 fully saturated rings. The predicted molar refractivity (Wildman–Crippen MR) is 79.8 cm³/mol. The van der Waals surface area contributed by atoms with Crippen molar-refractivity contribution in [3.63, 3.8) is 0 Å². The molecule has 20 heavy (non-hydrogen) atoms. The maximum Gasteiger partial charge on any atom is 0.145 e. The topological polar surface area (TPSA) is 63.6 Å². The lowest BCUT2D eigenvalue weighted by molar-refractivity contribution is 0.281. The van der Waals surface area contributed by atoms with Crippen LogP contribution in [0.25, 0.3) is 10.9 Å². The molecule has 0 unspecified atom stereocenters. The Hall–Kier alpha value is -2.01. The molecule has 2 aromatic rings. The van der Waals surface area contributed by atoms with Crippen LogP contribution in [0, 0.1) is 6.92 Å². The Kier molecular flexibility index (Phi) is 4.29. The SMILES string of the molecule is COc1ccc(OC)c2c(C)cc(N[C@H](C)CO)nc12. The molecule has 0 aliphatic heterocycles. The average molecular weight is 276 g/mol. The molecule has 1 aromatic carbocycles. The Morgan fingerprint density at radius 2 is 1.90 bits per heavy atom. The maximum absolute atomic E-state index is 9.13. The highest BCUT2D eigenvalue weighted by Gasteiger charge is 2.13. The largest absolute Gasteiger partial charge is 0.496 e. The third-order valence-corrected chi connectivity index (χ3v) is 3.19. The highest BCUT2D eigenvalue weighted by molar-refractivity contribution is 5.94. The van der Waals surface area contributed by atoms with E-state index in [0.717, 1.165) is 22.2 Å². The molecule has 108 valence electrons. The second-order valence-corrected chi connectivity index (χ2v) is 4.75. The maximum atomic E-state index is 9.13. The van der Waals surface area contributed by atoms with Gasteiger partial charge in [-0.1, -0.05) is 0 Å². The van der Waals surface area contributed by atoms with Gasteiger partial charge in [0.2, 0.25) is 0 Å². The molecule has 1 atom stereocenters. The predicted octanol–water partition coefficient (Wildman–Crippen LogP) is 2.35. The molecular formula is C15H20N2O3. The fourth-order valence-electron chi connectivity index (χ4n) is 2.18. The van der Waals surface area contributed by atoms with Crippen LogP contribution in [0.2, 0.25) is 0 Å². The number of anilines is 1.